The Balaban J connectivity index is 1.68. The Labute approximate surface area is 172 Å². The van der Waals surface area contributed by atoms with Gasteiger partial charge in [0.2, 0.25) is 11.7 Å². The predicted molar refractivity (Wildman–Crippen MR) is 111 cm³/mol. The maximum Gasteiger partial charge on any atom is 0.321 e. The maximum absolute atomic E-state index is 12.9. The molecule has 154 valence electrons. The number of benzene rings is 1. The van der Waals surface area contributed by atoms with Crippen LogP contribution in [0.4, 0.5) is 0 Å². The van der Waals surface area contributed by atoms with Gasteiger partial charge in [0.15, 0.2) is 0 Å². The van der Waals surface area contributed by atoms with Crippen LogP contribution in [-0.2, 0) is 9.53 Å². The number of nitrogens with zero attached hydrogens (tertiary/aromatic N) is 1. The molecule has 3 rings (SSSR count). The highest BCUT2D eigenvalue weighted by Gasteiger charge is 2.75. The summed E-state index contributed by atoms with van der Waals surface area (Å²) in [6.45, 7) is 8.69. The predicted octanol–water partition coefficient (Wildman–Crippen LogP) is 4.84. The van der Waals surface area contributed by atoms with Crippen LogP contribution in [0.3, 0.4) is 0 Å². The van der Waals surface area contributed by atoms with Gasteiger partial charge in [0.25, 0.3) is 0 Å². The van der Waals surface area contributed by atoms with Crippen LogP contribution >= 0.6 is 0 Å². The summed E-state index contributed by atoms with van der Waals surface area (Å²) in [4.78, 5) is 29.8. The maximum atomic E-state index is 12.9. The van der Waals surface area contributed by atoms with E-state index >= 15 is 0 Å². The average molecular weight is 395 g/mol. The van der Waals surface area contributed by atoms with E-state index in [1.807, 2.05) is 26.8 Å². The van der Waals surface area contributed by atoms with Gasteiger partial charge in [-0.1, -0.05) is 70.0 Å². The van der Waals surface area contributed by atoms with Crippen molar-refractivity contribution in [2.24, 2.45) is 10.8 Å². The standard InChI is InChI=1S/C24H29NO4/c1-5-6-10-16-28-21-23(2,3)24(21,4)22(27)29-19-15-11-14-18(25-19)20(26)17-12-8-7-9-13-17/h7-9,11-15,21H,5-6,10,16H2,1-4H3. The number of carbonyl (C=O) groups excluding carboxylic acids is 2. The fourth-order valence-electron chi connectivity index (χ4n) is 3.76. The Morgan fingerprint density at radius 3 is 2.41 bits per heavy atom. The van der Waals surface area contributed by atoms with Gasteiger partial charge in [-0.25, -0.2) is 4.98 Å². The number of hydrogen-bond donors (Lipinski definition) is 0. The van der Waals surface area contributed by atoms with E-state index in [1.165, 1.54) is 0 Å². The summed E-state index contributed by atoms with van der Waals surface area (Å²) in [5.74, 6) is -0.455. The first-order valence-electron chi connectivity index (χ1n) is 10.2. The zero-order chi connectivity index (χ0) is 21.1. The molecular formula is C24H29NO4. The minimum atomic E-state index is -0.736. The van der Waals surface area contributed by atoms with Crippen LogP contribution in [0.5, 0.6) is 5.88 Å². The second kappa shape index (κ2) is 8.46. The second-order valence-electron chi connectivity index (χ2n) is 8.33. The topological polar surface area (TPSA) is 65.5 Å². The molecule has 2 unspecified atom stereocenters. The molecule has 2 aromatic rings. The van der Waals surface area contributed by atoms with E-state index < -0.39 is 5.41 Å². The zero-order valence-electron chi connectivity index (χ0n) is 17.6. The van der Waals surface area contributed by atoms with Gasteiger partial charge >= 0.3 is 5.97 Å². The van der Waals surface area contributed by atoms with Crippen LogP contribution in [0, 0.1) is 10.8 Å². The van der Waals surface area contributed by atoms with E-state index in [9.17, 15) is 9.59 Å². The number of hydrogen-bond acceptors (Lipinski definition) is 5. The van der Waals surface area contributed by atoms with Gasteiger partial charge in [0, 0.05) is 23.7 Å². The van der Waals surface area contributed by atoms with Gasteiger partial charge in [-0.2, -0.15) is 0 Å². The lowest BCUT2D eigenvalue weighted by atomic mass is 9.99. The smallest absolute Gasteiger partial charge is 0.321 e. The van der Waals surface area contributed by atoms with E-state index in [1.54, 1.807) is 42.5 Å². The number of rotatable bonds is 9. The molecule has 0 saturated heterocycles. The lowest BCUT2D eigenvalue weighted by molar-refractivity contribution is -0.142. The fourth-order valence-corrected chi connectivity index (χ4v) is 3.76. The van der Waals surface area contributed by atoms with Crippen molar-refractivity contribution < 1.29 is 19.1 Å². The molecule has 5 heteroatoms. The van der Waals surface area contributed by atoms with E-state index in [0.717, 1.165) is 19.3 Å². The molecule has 0 aliphatic heterocycles. The van der Waals surface area contributed by atoms with Crippen molar-refractivity contribution in [3.05, 3.63) is 59.8 Å². The number of ether oxygens (including phenoxy) is 2. The van der Waals surface area contributed by atoms with Gasteiger partial charge in [-0.3, -0.25) is 9.59 Å². The molecule has 1 aromatic carbocycles. The molecule has 0 bridgehead atoms. The minimum Gasteiger partial charge on any atom is -0.407 e. The van der Waals surface area contributed by atoms with Crippen LogP contribution in [-0.4, -0.2) is 29.4 Å². The molecule has 1 heterocycles. The molecule has 0 amide bonds. The summed E-state index contributed by atoms with van der Waals surface area (Å²) in [5.41, 5.74) is -0.262. The summed E-state index contributed by atoms with van der Waals surface area (Å²) in [6, 6.07) is 13.8. The molecule has 1 aliphatic carbocycles. The number of esters is 1. The van der Waals surface area contributed by atoms with Crippen molar-refractivity contribution in [2.45, 2.75) is 53.1 Å². The van der Waals surface area contributed by atoms with Gasteiger partial charge in [0.1, 0.15) is 5.69 Å². The number of carbonyl (C=O) groups is 2. The Morgan fingerprint density at radius 2 is 1.72 bits per heavy atom. The van der Waals surface area contributed by atoms with Gasteiger partial charge in [0.05, 0.1) is 11.5 Å². The number of unbranched alkanes of at least 4 members (excludes halogenated alkanes) is 2. The molecule has 1 aromatic heterocycles. The van der Waals surface area contributed by atoms with Crippen LogP contribution < -0.4 is 4.74 Å². The largest absolute Gasteiger partial charge is 0.407 e. The van der Waals surface area contributed by atoms with Crippen LogP contribution in [0.15, 0.2) is 48.5 Å². The Morgan fingerprint density at radius 1 is 1.00 bits per heavy atom. The molecule has 0 N–H and O–H groups in total. The van der Waals surface area contributed by atoms with Crippen LogP contribution in [0.2, 0.25) is 0 Å². The molecule has 1 aliphatic rings. The fraction of sp³-hybridized carbons (Fsp3) is 0.458. The van der Waals surface area contributed by atoms with Crippen LogP contribution in [0.25, 0.3) is 0 Å². The summed E-state index contributed by atoms with van der Waals surface area (Å²) in [6.07, 6.45) is 3.04. The quantitative estimate of drug-likeness (QED) is 0.345. The molecule has 0 radical (unpaired) electrons. The molecule has 2 atom stereocenters. The zero-order valence-corrected chi connectivity index (χ0v) is 17.6. The van der Waals surface area contributed by atoms with Crippen molar-refractivity contribution in [1.82, 2.24) is 4.98 Å². The molecule has 0 spiro atoms. The third-order valence-corrected chi connectivity index (χ3v) is 6.08. The third kappa shape index (κ3) is 4.10. The average Bonchev–Trinajstić information content (AvgIpc) is 3.17. The van der Waals surface area contributed by atoms with Crippen molar-refractivity contribution in [1.29, 1.82) is 0 Å². The SMILES string of the molecule is CCCCCOC1C(C)(C)C1(C)C(=O)Oc1cccc(C(=O)c2ccccc2)n1. The van der Waals surface area contributed by atoms with E-state index in [2.05, 4.69) is 11.9 Å². The molecule has 1 saturated carbocycles. The Kier molecular flexibility index (Phi) is 6.18. The highest BCUT2D eigenvalue weighted by atomic mass is 16.6. The molecule has 1 fully saturated rings. The monoisotopic (exact) mass is 395 g/mol. The van der Waals surface area contributed by atoms with E-state index in [0.29, 0.717) is 12.2 Å². The molecule has 29 heavy (non-hydrogen) atoms. The van der Waals surface area contributed by atoms with Gasteiger partial charge in [-0.15, -0.1) is 0 Å². The number of ketones is 1. The lowest BCUT2D eigenvalue weighted by Gasteiger charge is -2.13. The first-order valence-corrected chi connectivity index (χ1v) is 10.2. The van der Waals surface area contributed by atoms with Crippen LogP contribution in [0.1, 0.15) is 63.0 Å². The summed E-state index contributed by atoms with van der Waals surface area (Å²) in [7, 11) is 0. The van der Waals surface area contributed by atoms with Gasteiger partial charge in [-0.05, 0) is 19.4 Å². The third-order valence-electron chi connectivity index (χ3n) is 6.08. The number of pyridine rings is 1. The first kappa shape index (κ1) is 21.2. The van der Waals surface area contributed by atoms with Crippen molar-refractivity contribution in [2.75, 3.05) is 6.61 Å². The van der Waals surface area contributed by atoms with Crippen molar-refractivity contribution in [3.63, 3.8) is 0 Å². The lowest BCUT2D eigenvalue weighted by Crippen LogP contribution is -2.26. The van der Waals surface area contributed by atoms with Crippen molar-refractivity contribution in [3.8, 4) is 5.88 Å². The Bertz CT molecular complexity index is 877. The Hall–Kier alpha value is -2.53. The highest BCUT2D eigenvalue weighted by Crippen LogP contribution is 2.65. The van der Waals surface area contributed by atoms with E-state index in [-0.39, 0.29) is 34.8 Å². The summed E-state index contributed by atoms with van der Waals surface area (Å²) in [5, 5.41) is 0. The molecular weight excluding hydrogens is 366 g/mol. The molecule has 5 nitrogen and oxygen atoms in total. The second-order valence-corrected chi connectivity index (χ2v) is 8.33. The van der Waals surface area contributed by atoms with Crippen molar-refractivity contribution >= 4 is 11.8 Å². The normalized spacial score (nSPS) is 22.1. The number of aromatic nitrogens is 1. The van der Waals surface area contributed by atoms with Gasteiger partial charge < -0.3 is 9.47 Å². The van der Waals surface area contributed by atoms with E-state index in [4.69, 9.17) is 9.47 Å². The highest BCUT2D eigenvalue weighted by molar-refractivity contribution is 6.07. The summed E-state index contributed by atoms with van der Waals surface area (Å²) < 4.78 is 11.6. The summed E-state index contributed by atoms with van der Waals surface area (Å²) >= 11 is 0. The first-order chi connectivity index (χ1) is 13.8. The minimum absolute atomic E-state index is 0.130.